The van der Waals surface area contributed by atoms with Crippen molar-refractivity contribution in [2.24, 2.45) is 5.41 Å². The van der Waals surface area contributed by atoms with Crippen molar-refractivity contribution in [3.05, 3.63) is 20.0 Å². The number of rotatable bonds is 2. The van der Waals surface area contributed by atoms with E-state index in [4.69, 9.17) is 0 Å². The molecule has 0 unspecified atom stereocenters. The summed E-state index contributed by atoms with van der Waals surface area (Å²) in [7, 11) is 0. The zero-order chi connectivity index (χ0) is 16.1. The summed E-state index contributed by atoms with van der Waals surface area (Å²) in [6.07, 6.45) is 0. The van der Waals surface area contributed by atoms with E-state index in [0.29, 0.717) is 0 Å². The smallest absolute Gasteiger partial charge is 1.00 e. The predicted octanol–water partition coefficient (Wildman–Crippen LogP) is -0.459. The van der Waals surface area contributed by atoms with Crippen LogP contribution in [0.2, 0.25) is 0 Å². The summed E-state index contributed by atoms with van der Waals surface area (Å²) in [4.78, 5) is 0. The average Bonchev–Trinajstić information content (AvgIpc) is 2.35. The zero-order valence-electron chi connectivity index (χ0n) is 16.2. The van der Waals surface area contributed by atoms with Crippen LogP contribution in [-0.4, -0.2) is 14.0 Å². The SMILES string of the molecule is CC1=C(C)C(C)(C)[C]([Hf+2][N](C(C)(C)C)C(C)(C)C)=C1C.[Cl-].[Cl-]. The second kappa shape index (κ2) is 7.85. The topological polar surface area (TPSA) is 3.24 Å². The van der Waals surface area contributed by atoms with Gasteiger partial charge in [0.15, 0.2) is 0 Å². The first-order valence-corrected chi connectivity index (χ1v) is 11.1. The van der Waals surface area contributed by atoms with Crippen molar-refractivity contribution >= 4 is 0 Å². The summed E-state index contributed by atoms with van der Waals surface area (Å²) >= 11 is -1.05. The Hall–Kier alpha value is 0.890. The molecule has 0 amide bonds. The van der Waals surface area contributed by atoms with Crippen molar-refractivity contribution in [2.45, 2.75) is 87.2 Å². The minimum absolute atomic E-state index is 0. The summed E-state index contributed by atoms with van der Waals surface area (Å²) in [5.74, 6) is 0. The van der Waals surface area contributed by atoms with Gasteiger partial charge in [0, 0.05) is 0 Å². The molecule has 22 heavy (non-hydrogen) atoms. The second-order valence-corrected chi connectivity index (χ2v) is 12.9. The van der Waals surface area contributed by atoms with Gasteiger partial charge in [-0.15, -0.1) is 0 Å². The Balaban J connectivity index is 0. The predicted molar refractivity (Wildman–Crippen MR) is 86.2 cm³/mol. The van der Waals surface area contributed by atoms with Gasteiger partial charge in [0.25, 0.3) is 0 Å². The Labute approximate surface area is 163 Å². The van der Waals surface area contributed by atoms with E-state index in [1.54, 1.807) is 20.0 Å². The number of hydrogen-bond acceptors (Lipinski definition) is 1. The van der Waals surface area contributed by atoms with Crippen LogP contribution in [0, 0.1) is 5.41 Å². The third-order valence-corrected chi connectivity index (χ3v) is 14.6. The van der Waals surface area contributed by atoms with Crippen LogP contribution in [0.3, 0.4) is 0 Å². The summed E-state index contributed by atoms with van der Waals surface area (Å²) < 4.78 is 4.62. The molecule has 4 heteroatoms. The van der Waals surface area contributed by atoms with E-state index in [0.717, 1.165) is 0 Å². The van der Waals surface area contributed by atoms with Crippen LogP contribution in [0.4, 0.5) is 0 Å². The van der Waals surface area contributed by atoms with E-state index >= 15 is 0 Å². The molecule has 0 fully saturated rings. The van der Waals surface area contributed by atoms with Gasteiger partial charge in [-0.1, -0.05) is 0 Å². The van der Waals surface area contributed by atoms with Gasteiger partial charge >= 0.3 is 139 Å². The van der Waals surface area contributed by atoms with Gasteiger partial charge in [-0.25, -0.2) is 0 Å². The molecule has 0 atom stereocenters. The summed E-state index contributed by atoms with van der Waals surface area (Å²) in [6.45, 7) is 26.1. The maximum absolute atomic E-state index is 2.83. The largest absolute Gasteiger partial charge is 1.00 e. The Bertz CT molecular complexity index is 448. The average molecular weight is 513 g/mol. The first kappa shape index (κ1) is 25.1. The summed E-state index contributed by atoms with van der Waals surface area (Å²) in [6, 6.07) is 0. The van der Waals surface area contributed by atoms with Crippen LogP contribution in [0.15, 0.2) is 20.0 Å². The van der Waals surface area contributed by atoms with E-state index in [9.17, 15) is 0 Å². The Morgan fingerprint density at radius 3 is 1.36 bits per heavy atom. The Kier molecular flexibility index (Phi) is 8.97. The molecular weight excluding hydrogens is 480 g/mol. The van der Waals surface area contributed by atoms with Crippen LogP contribution in [0.5, 0.6) is 0 Å². The van der Waals surface area contributed by atoms with Crippen LogP contribution in [0.25, 0.3) is 0 Å². The Morgan fingerprint density at radius 2 is 1.14 bits per heavy atom. The van der Waals surface area contributed by atoms with E-state index in [2.05, 4.69) is 79.0 Å². The number of nitrogens with zero attached hydrogens (tertiary/aromatic N) is 1. The molecule has 0 heterocycles. The molecule has 1 rings (SSSR count). The van der Waals surface area contributed by atoms with Crippen molar-refractivity contribution < 1.29 is 48.0 Å². The normalized spacial score (nSPS) is 18.2. The van der Waals surface area contributed by atoms with E-state index in [1.165, 1.54) is 0 Å². The standard InChI is InChI=1S/C10H15.C8H18N.2ClH.Hf/c1-7-6-10(4,5)9(3)8(7)2;1-7(2,3)9-8(4,5)6;;;/h1-5H3;1-6H3;2*1H;/q;-1;;;+3/p-2. The molecule has 0 aromatic heterocycles. The van der Waals surface area contributed by atoms with Crippen molar-refractivity contribution in [2.75, 3.05) is 0 Å². The van der Waals surface area contributed by atoms with Gasteiger partial charge in [0.1, 0.15) is 0 Å². The molecule has 0 aromatic rings. The summed E-state index contributed by atoms with van der Waals surface area (Å²) in [5, 5.41) is 0. The molecule has 0 saturated carbocycles. The first-order valence-electron chi connectivity index (χ1n) is 7.67. The fraction of sp³-hybridized carbons (Fsp3) is 0.778. The molecule has 0 aliphatic heterocycles. The third kappa shape index (κ3) is 4.94. The monoisotopic (exact) mass is 513 g/mol. The number of hydrogen-bond donors (Lipinski definition) is 0. The Morgan fingerprint density at radius 1 is 0.773 bits per heavy atom. The quantitative estimate of drug-likeness (QED) is 0.453. The molecule has 1 aliphatic carbocycles. The van der Waals surface area contributed by atoms with Crippen LogP contribution in [-0.2, 0) is 23.2 Å². The zero-order valence-corrected chi connectivity index (χ0v) is 21.3. The van der Waals surface area contributed by atoms with Gasteiger partial charge < -0.3 is 24.8 Å². The van der Waals surface area contributed by atoms with E-state index in [1.807, 2.05) is 0 Å². The molecule has 1 aliphatic rings. The van der Waals surface area contributed by atoms with Crippen LogP contribution >= 0.6 is 0 Å². The fourth-order valence-electron chi connectivity index (χ4n) is 3.27. The minimum Gasteiger partial charge on any atom is -1.00 e. The molecule has 1 nitrogen and oxygen atoms in total. The van der Waals surface area contributed by atoms with Gasteiger partial charge in [0.2, 0.25) is 0 Å². The molecule has 0 saturated heterocycles. The van der Waals surface area contributed by atoms with Crippen LogP contribution in [0.1, 0.15) is 76.2 Å². The molecule has 128 valence electrons. The maximum Gasteiger partial charge on any atom is -1.00 e. The van der Waals surface area contributed by atoms with Gasteiger partial charge in [-0.05, 0) is 0 Å². The maximum atomic E-state index is 2.83. The van der Waals surface area contributed by atoms with Crippen LogP contribution < -0.4 is 24.8 Å². The van der Waals surface area contributed by atoms with Crippen molar-refractivity contribution in [1.82, 2.24) is 2.89 Å². The van der Waals surface area contributed by atoms with E-state index in [-0.39, 0.29) is 41.3 Å². The molecule has 0 aromatic carbocycles. The number of halogens is 2. The third-order valence-electron chi connectivity index (χ3n) is 4.63. The van der Waals surface area contributed by atoms with Gasteiger partial charge in [0.05, 0.1) is 0 Å². The number of allylic oxidation sites excluding steroid dienone is 4. The van der Waals surface area contributed by atoms with E-state index < -0.39 is 23.2 Å². The molecular formula is C18H33Cl2HfN. The minimum atomic E-state index is -1.05. The molecule has 0 spiro atoms. The van der Waals surface area contributed by atoms with Gasteiger partial charge in [-0.2, -0.15) is 0 Å². The molecule has 0 N–H and O–H groups in total. The van der Waals surface area contributed by atoms with Crippen molar-refractivity contribution in [3.63, 3.8) is 0 Å². The van der Waals surface area contributed by atoms with Crippen molar-refractivity contribution in [3.8, 4) is 0 Å². The van der Waals surface area contributed by atoms with Gasteiger partial charge in [-0.3, -0.25) is 0 Å². The fourth-order valence-corrected chi connectivity index (χ4v) is 9.44. The first-order chi connectivity index (χ1) is 8.70. The molecule has 0 bridgehead atoms. The second-order valence-electron chi connectivity index (χ2n) is 8.66. The summed E-state index contributed by atoms with van der Waals surface area (Å²) in [5.41, 5.74) is 5.52. The molecule has 0 radical (unpaired) electrons. The van der Waals surface area contributed by atoms with Crippen molar-refractivity contribution in [1.29, 1.82) is 0 Å².